The first kappa shape index (κ1) is 17.0. The molecule has 1 fully saturated rings. The lowest BCUT2D eigenvalue weighted by atomic mass is 10.0. The van der Waals surface area contributed by atoms with E-state index in [4.69, 9.17) is 0 Å². The Kier molecular flexibility index (Phi) is 4.92. The summed E-state index contributed by atoms with van der Waals surface area (Å²) in [7, 11) is 0. The van der Waals surface area contributed by atoms with Gasteiger partial charge in [0.05, 0.1) is 11.1 Å². The van der Waals surface area contributed by atoms with Gasteiger partial charge in [-0.2, -0.15) is 0 Å². The number of aromatic carboxylic acids is 1. The molecule has 0 atom stereocenters. The van der Waals surface area contributed by atoms with Gasteiger partial charge in [-0.1, -0.05) is 12.1 Å². The van der Waals surface area contributed by atoms with Crippen molar-refractivity contribution < 1.29 is 9.90 Å². The van der Waals surface area contributed by atoms with Crippen molar-refractivity contribution in [2.24, 2.45) is 0 Å². The quantitative estimate of drug-likeness (QED) is 0.884. The van der Waals surface area contributed by atoms with Crippen molar-refractivity contribution >= 4 is 16.9 Å². The summed E-state index contributed by atoms with van der Waals surface area (Å²) in [4.78, 5) is 14.3. The molecule has 2 aromatic rings. The second kappa shape index (κ2) is 6.95. The molecule has 3 rings (SSSR count). The van der Waals surface area contributed by atoms with E-state index >= 15 is 0 Å². The highest BCUT2D eigenvalue weighted by Gasteiger charge is 2.21. The van der Waals surface area contributed by atoms with Gasteiger partial charge >= 0.3 is 5.97 Å². The van der Waals surface area contributed by atoms with Gasteiger partial charge < -0.3 is 19.9 Å². The summed E-state index contributed by atoms with van der Waals surface area (Å²) in [6.07, 6.45) is 0.970. The van der Waals surface area contributed by atoms with Gasteiger partial charge in [-0.3, -0.25) is 0 Å². The SMILES string of the molecule is CCn1c(C)c(CCN2CCNCC2)c2ccc(C)c(C(=O)O)c21. The first-order valence-corrected chi connectivity index (χ1v) is 8.82. The second-order valence-corrected chi connectivity index (χ2v) is 6.61. The minimum atomic E-state index is -0.834. The molecule has 1 aromatic heterocycles. The largest absolute Gasteiger partial charge is 0.478 e. The topological polar surface area (TPSA) is 57.5 Å². The predicted octanol–water partition coefficient (Wildman–Crippen LogP) is 2.42. The van der Waals surface area contributed by atoms with E-state index in [-0.39, 0.29) is 0 Å². The molecule has 1 aliphatic rings. The fraction of sp³-hybridized carbons (Fsp3) is 0.526. The zero-order valence-electron chi connectivity index (χ0n) is 14.9. The second-order valence-electron chi connectivity index (χ2n) is 6.61. The highest BCUT2D eigenvalue weighted by Crippen LogP contribution is 2.31. The van der Waals surface area contributed by atoms with Crippen LogP contribution in [-0.4, -0.2) is 53.3 Å². The van der Waals surface area contributed by atoms with Crippen LogP contribution >= 0.6 is 0 Å². The minimum Gasteiger partial charge on any atom is -0.478 e. The molecular formula is C19H27N3O2. The van der Waals surface area contributed by atoms with Crippen LogP contribution in [0, 0.1) is 13.8 Å². The third kappa shape index (κ3) is 2.94. The fourth-order valence-electron chi connectivity index (χ4n) is 3.93. The van der Waals surface area contributed by atoms with Crippen molar-refractivity contribution in [3.05, 3.63) is 34.5 Å². The number of aryl methyl sites for hydroxylation is 2. The predicted molar refractivity (Wildman–Crippen MR) is 97.1 cm³/mol. The van der Waals surface area contributed by atoms with Gasteiger partial charge in [0.15, 0.2) is 0 Å². The third-order valence-electron chi connectivity index (χ3n) is 5.24. The number of hydrogen-bond acceptors (Lipinski definition) is 3. The zero-order chi connectivity index (χ0) is 17.3. The number of carboxylic acid groups (broad SMARTS) is 1. The summed E-state index contributed by atoms with van der Waals surface area (Å²) in [6.45, 7) is 12.2. The van der Waals surface area contributed by atoms with Crippen LogP contribution in [0.25, 0.3) is 10.9 Å². The molecule has 130 valence electrons. The Hall–Kier alpha value is -1.85. The van der Waals surface area contributed by atoms with E-state index in [0.717, 1.165) is 62.2 Å². The number of hydrogen-bond donors (Lipinski definition) is 2. The van der Waals surface area contributed by atoms with Crippen molar-refractivity contribution in [3.8, 4) is 0 Å². The van der Waals surface area contributed by atoms with Crippen molar-refractivity contribution in [1.82, 2.24) is 14.8 Å². The molecule has 1 saturated heterocycles. The maximum absolute atomic E-state index is 11.8. The van der Waals surface area contributed by atoms with E-state index in [1.165, 1.54) is 11.3 Å². The maximum atomic E-state index is 11.8. The Morgan fingerprint density at radius 1 is 1.25 bits per heavy atom. The number of benzene rings is 1. The van der Waals surface area contributed by atoms with Gasteiger partial charge in [0.25, 0.3) is 0 Å². The van der Waals surface area contributed by atoms with E-state index in [1.54, 1.807) is 0 Å². The number of piperazine rings is 1. The van der Waals surface area contributed by atoms with Gasteiger partial charge in [0, 0.05) is 50.3 Å². The molecule has 0 aliphatic carbocycles. The van der Waals surface area contributed by atoms with Crippen molar-refractivity contribution in [2.45, 2.75) is 33.7 Å². The van der Waals surface area contributed by atoms with Crippen LogP contribution in [-0.2, 0) is 13.0 Å². The Labute approximate surface area is 143 Å². The van der Waals surface area contributed by atoms with Gasteiger partial charge in [0.1, 0.15) is 0 Å². The van der Waals surface area contributed by atoms with Gasteiger partial charge in [0.2, 0.25) is 0 Å². The lowest BCUT2D eigenvalue weighted by Gasteiger charge is -2.27. The highest BCUT2D eigenvalue weighted by molar-refractivity contribution is 6.05. The van der Waals surface area contributed by atoms with E-state index in [2.05, 4.69) is 34.7 Å². The molecule has 0 unspecified atom stereocenters. The molecule has 0 spiro atoms. The Bertz CT molecular complexity index is 758. The number of aromatic nitrogens is 1. The summed E-state index contributed by atoms with van der Waals surface area (Å²) in [6, 6.07) is 4.04. The van der Waals surface area contributed by atoms with Crippen LogP contribution < -0.4 is 5.32 Å². The van der Waals surface area contributed by atoms with Crippen LogP contribution in [0.2, 0.25) is 0 Å². The van der Waals surface area contributed by atoms with Crippen LogP contribution in [0.5, 0.6) is 0 Å². The van der Waals surface area contributed by atoms with Crippen LogP contribution in [0.1, 0.15) is 34.1 Å². The average Bonchev–Trinajstić information content (AvgIpc) is 2.84. The summed E-state index contributed by atoms with van der Waals surface area (Å²) in [5, 5.41) is 14.2. The van der Waals surface area contributed by atoms with Crippen molar-refractivity contribution in [3.63, 3.8) is 0 Å². The summed E-state index contributed by atoms with van der Waals surface area (Å²) < 4.78 is 2.17. The fourth-order valence-corrected chi connectivity index (χ4v) is 3.93. The molecular weight excluding hydrogens is 302 g/mol. The van der Waals surface area contributed by atoms with Crippen LogP contribution in [0.4, 0.5) is 0 Å². The van der Waals surface area contributed by atoms with Crippen molar-refractivity contribution in [2.75, 3.05) is 32.7 Å². The Morgan fingerprint density at radius 3 is 2.58 bits per heavy atom. The molecule has 24 heavy (non-hydrogen) atoms. The lowest BCUT2D eigenvalue weighted by Crippen LogP contribution is -2.44. The van der Waals surface area contributed by atoms with Crippen LogP contribution in [0.3, 0.4) is 0 Å². The number of nitrogens with one attached hydrogen (secondary N) is 1. The number of carboxylic acids is 1. The number of nitrogens with zero attached hydrogens (tertiary/aromatic N) is 2. The molecule has 0 saturated carbocycles. The Balaban J connectivity index is 2.03. The third-order valence-corrected chi connectivity index (χ3v) is 5.24. The summed E-state index contributed by atoms with van der Waals surface area (Å²) in [5.74, 6) is -0.834. The number of rotatable bonds is 5. The number of fused-ring (bicyclic) bond motifs is 1. The standard InChI is InChI=1S/C19H27N3O2/c1-4-22-14(3)15(7-10-21-11-8-20-9-12-21)16-6-5-13(2)17(18(16)22)19(23)24/h5-6,20H,4,7-12H2,1-3H3,(H,23,24). The van der Waals surface area contributed by atoms with Gasteiger partial charge in [-0.15, -0.1) is 0 Å². The lowest BCUT2D eigenvalue weighted by molar-refractivity contribution is 0.0698. The summed E-state index contributed by atoms with van der Waals surface area (Å²) in [5.41, 5.74) is 4.67. The van der Waals surface area contributed by atoms with E-state index in [0.29, 0.717) is 5.56 Å². The monoisotopic (exact) mass is 329 g/mol. The normalized spacial score (nSPS) is 16.0. The average molecular weight is 329 g/mol. The van der Waals surface area contributed by atoms with Gasteiger partial charge in [-0.05, 0) is 38.3 Å². The first-order chi connectivity index (χ1) is 11.5. The molecule has 1 aliphatic heterocycles. The zero-order valence-corrected chi connectivity index (χ0v) is 14.9. The molecule has 2 heterocycles. The molecule has 2 N–H and O–H groups in total. The molecule has 5 nitrogen and oxygen atoms in total. The van der Waals surface area contributed by atoms with Crippen LogP contribution in [0.15, 0.2) is 12.1 Å². The first-order valence-electron chi connectivity index (χ1n) is 8.82. The maximum Gasteiger partial charge on any atom is 0.338 e. The van der Waals surface area contributed by atoms with E-state index in [9.17, 15) is 9.90 Å². The minimum absolute atomic E-state index is 0.450. The molecule has 0 radical (unpaired) electrons. The molecule has 0 bridgehead atoms. The number of carbonyl (C=O) groups is 1. The van der Waals surface area contributed by atoms with Gasteiger partial charge in [-0.25, -0.2) is 4.79 Å². The van der Waals surface area contributed by atoms with E-state index < -0.39 is 5.97 Å². The Morgan fingerprint density at radius 2 is 1.96 bits per heavy atom. The molecule has 5 heteroatoms. The smallest absolute Gasteiger partial charge is 0.338 e. The molecule has 0 amide bonds. The highest BCUT2D eigenvalue weighted by atomic mass is 16.4. The summed E-state index contributed by atoms with van der Waals surface area (Å²) >= 11 is 0. The van der Waals surface area contributed by atoms with E-state index in [1.807, 2.05) is 13.0 Å². The molecule has 1 aromatic carbocycles. The van der Waals surface area contributed by atoms with Crippen molar-refractivity contribution in [1.29, 1.82) is 0 Å².